The minimum absolute atomic E-state index is 0.0814. The molecule has 2 aromatic rings. The van der Waals surface area contributed by atoms with Gasteiger partial charge in [0.05, 0.1) is 6.04 Å². The Balaban J connectivity index is 2.01. The van der Waals surface area contributed by atoms with Crippen LogP contribution >= 0.6 is 0 Å². The molecule has 0 bridgehead atoms. The first kappa shape index (κ1) is 14.6. The van der Waals surface area contributed by atoms with Crippen LogP contribution in [-0.4, -0.2) is 11.9 Å². The zero-order chi connectivity index (χ0) is 15.2. The molecule has 0 spiro atoms. The molecule has 2 rings (SSSR count). The van der Waals surface area contributed by atoms with Gasteiger partial charge in [-0.3, -0.25) is 4.79 Å². The quantitative estimate of drug-likeness (QED) is 0.806. The lowest BCUT2D eigenvalue weighted by molar-refractivity contribution is 0.0940. The largest absolute Gasteiger partial charge is 0.351 e. The summed E-state index contributed by atoms with van der Waals surface area (Å²) in [5.74, 6) is -0.169. The first-order chi connectivity index (χ1) is 10.1. The topological polar surface area (TPSA) is 84.2 Å². The van der Waals surface area contributed by atoms with Crippen molar-refractivity contribution in [3.05, 3.63) is 65.7 Å². The van der Waals surface area contributed by atoms with Gasteiger partial charge in [0.15, 0.2) is 0 Å². The number of carbonyl (C=O) groups excluding carboxylic acids is 2. The van der Waals surface area contributed by atoms with Crippen LogP contribution in [0.1, 0.15) is 28.9 Å². The van der Waals surface area contributed by atoms with Crippen LogP contribution in [-0.2, 0) is 0 Å². The summed E-state index contributed by atoms with van der Waals surface area (Å²) in [6, 6.07) is 15.5. The summed E-state index contributed by atoms with van der Waals surface area (Å²) in [5.41, 5.74) is 7.14. The fraction of sp³-hybridized carbons (Fsp3) is 0.125. The Labute approximate surface area is 123 Å². The fourth-order valence-electron chi connectivity index (χ4n) is 1.95. The Morgan fingerprint density at radius 3 is 2.19 bits per heavy atom. The number of amides is 3. The SMILES string of the molecule is CC(NC(=O)c1ccc(NC(N)=O)cc1)c1ccccc1. The second-order valence-electron chi connectivity index (χ2n) is 4.67. The maximum Gasteiger partial charge on any atom is 0.316 e. The summed E-state index contributed by atoms with van der Waals surface area (Å²) in [4.78, 5) is 22.9. The molecule has 108 valence electrons. The van der Waals surface area contributed by atoms with E-state index in [0.717, 1.165) is 5.56 Å². The van der Waals surface area contributed by atoms with Crippen LogP contribution in [0.2, 0.25) is 0 Å². The summed E-state index contributed by atoms with van der Waals surface area (Å²) in [6.45, 7) is 1.93. The van der Waals surface area contributed by atoms with E-state index in [-0.39, 0.29) is 11.9 Å². The number of carbonyl (C=O) groups is 2. The van der Waals surface area contributed by atoms with Crippen molar-refractivity contribution in [3.8, 4) is 0 Å². The molecule has 5 nitrogen and oxygen atoms in total. The first-order valence-corrected chi connectivity index (χ1v) is 6.58. The Morgan fingerprint density at radius 2 is 1.62 bits per heavy atom. The predicted molar refractivity (Wildman–Crippen MR) is 82.0 cm³/mol. The first-order valence-electron chi connectivity index (χ1n) is 6.58. The maximum absolute atomic E-state index is 12.1. The van der Waals surface area contributed by atoms with Crippen molar-refractivity contribution in [2.75, 3.05) is 5.32 Å². The molecule has 1 atom stereocenters. The van der Waals surface area contributed by atoms with E-state index >= 15 is 0 Å². The molecule has 2 aromatic carbocycles. The molecule has 0 aliphatic heterocycles. The van der Waals surface area contributed by atoms with E-state index in [4.69, 9.17) is 5.73 Å². The van der Waals surface area contributed by atoms with Gasteiger partial charge in [-0.15, -0.1) is 0 Å². The molecular weight excluding hydrogens is 266 g/mol. The molecule has 0 saturated heterocycles. The number of primary amides is 1. The van der Waals surface area contributed by atoms with Crippen molar-refractivity contribution in [2.24, 2.45) is 5.73 Å². The average molecular weight is 283 g/mol. The highest BCUT2D eigenvalue weighted by atomic mass is 16.2. The second-order valence-corrected chi connectivity index (χ2v) is 4.67. The Hall–Kier alpha value is -2.82. The summed E-state index contributed by atoms with van der Waals surface area (Å²) in [6.07, 6.45) is 0. The molecule has 1 unspecified atom stereocenters. The van der Waals surface area contributed by atoms with Crippen LogP contribution in [0, 0.1) is 0 Å². The highest BCUT2D eigenvalue weighted by Gasteiger charge is 2.11. The molecule has 0 aliphatic rings. The molecule has 0 aliphatic carbocycles. The van der Waals surface area contributed by atoms with Crippen molar-refractivity contribution in [3.63, 3.8) is 0 Å². The van der Waals surface area contributed by atoms with E-state index in [1.54, 1.807) is 24.3 Å². The Morgan fingerprint density at radius 1 is 1.00 bits per heavy atom. The van der Waals surface area contributed by atoms with Gasteiger partial charge in [0.1, 0.15) is 0 Å². The van der Waals surface area contributed by atoms with Gasteiger partial charge in [-0.1, -0.05) is 30.3 Å². The third-order valence-corrected chi connectivity index (χ3v) is 3.06. The van der Waals surface area contributed by atoms with Gasteiger partial charge in [-0.25, -0.2) is 4.79 Å². The number of hydrogen-bond acceptors (Lipinski definition) is 2. The number of rotatable bonds is 4. The van der Waals surface area contributed by atoms with Crippen molar-refractivity contribution < 1.29 is 9.59 Å². The van der Waals surface area contributed by atoms with Gasteiger partial charge in [0, 0.05) is 11.3 Å². The molecule has 21 heavy (non-hydrogen) atoms. The molecule has 0 saturated carbocycles. The number of benzene rings is 2. The smallest absolute Gasteiger partial charge is 0.316 e. The predicted octanol–water partition coefficient (Wildman–Crippen LogP) is 2.67. The normalized spacial score (nSPS) is 11.5. The number of urea groups is 1. The van der Waals surface area contributed by atoms with Crippen LogP contribution in [0.5, 0.6) is 0 Å². The van der Waals surface area contributed by atoms with Crippen molar-refractivity contribution in [2.45, 2.75) is 13.0 Å². The molecule has 0 fully saturated rings. The summed E-state index contributed by atoms with van der Waals surface area (Å²) in [5, 5.41) is 5.37. The van der Waals surface area contributed by atoms with Crippen LogP contribution in [0.4, 0.5) is 10.5 Å². The highest BCUT2D eigenvalue weighted by molar-refractivity contribution is 5.95. The monoisotopic (exact) mass is 283 g/mol. The number of anilines is 1. The third kappa shape index (κ3) is 4.07. The number of hydrogen-bond donors (Lipinski definition) is 3. The van der Waals surface area contributed by atoms with Crippen LogP contribution in [0.15, 0.2) is 54.6 Å². The zero-order valence-electron chi connectivity index (χ0n) is 11.7. The summed E-state index contributed by atoms with van der Waals surface area (Å²) >= 11 is 0. The van der Waals surface area contributed by atoms with E-state index in [9.17, 15) is 9.59 Å². The molecule has 3 amide bonds. The average Bonchev–Trinajstić information content (AvgIpc) is 2.48. The van der Waals surface area contributed by atoms with E-state index in [1.807, 2.05) is 37.3 Å². The van der Waals surface area contributed by atoms with Crippen LogP contribution in [0.3, 0.4) is 0 Å². The fourth-order valence-corrected chi connectivity index (χ4v) is 1.95. The van der Waals surface area contributed by atoms with E-state index in [1.165, 1.54) is 0 Å². The summed E-state index contributed by atoms with van der Waals surface area (Å²) in [7, 11) is 0. The molecule has 0 radical (unpaired) electrons. The van der Waals surface area contributed by atoms with Crippen molar-refractivity contribution in [1.82, 2.24) is 5.32 Å². The molecule has 4 N–H and O–H groups in total. The highest BCUT2D eigenvalue weighted by Crippen LogP contribution is 2.14. The van der Waals surface area contributed by atoms with Gasteiger partial charge < -0.3 is 16.4 Å². The zero-order valence-corrected chi connectivity index (χ0v) is 11.7. The molecule has 0 heterocycles. The number of nitrogens with two attached hydrogens (primary N) is 1. The van der Waals surface area contributed by atoms with Gasteiger partial charge in [-0.2, -0.15) is 0 Å². The molecular formula is C16H17N3O2. The van der Waals surface area contributed by atoms with E-state index in [0.29, 0.717) is 11.3 Å². The number of nitrogens with one attached hydrogen (secondary N) is 2. The van der Waals surface area contributed by atoms with Crippen LogP contribution < -0.4 is 16.4 Å². The third-order valence-electron chi connectivity index (χ3n) is 3.06. The Kier molecular flexibility index (Phi) is 4.56. The van der Waals surface area contributed by atoms with Gasteiger partial charge in [-0.05, 0) is 36.8 Å². The molecule has 5 heteroatoms. The summed E-state index contributed by atoms with van der Waals surface area (Å²) < 4.78 is 0. The standard InChI is InChI=1S/C16H17N3O2/c1-11(12-5-3-2-4-6-12)18-15(20)13-7-9-14(10-8-13)19-16(17)21/h2-11H,1H3,(H,18,20)(H3,17,19,21). The van der Waals surface area contributed by atoms with Gasteiger partial charge >= 0.3 is 6.03 Å². The van der Waals surface area contributed by atoms with Crippen LogP contribution in [0.25, 0.3) is 0 Å². The lowest BCUT2D eigenvalue weighted by atomic mass is 10.1. The maximum atomic E-state index is 12.1. The lowest BCUT2D eigenvalue weighted by Gasteiger charge is -2.14. The van der Waals surface area contributed by atoms with Gasteiger partial charge in [0.2, 0.25) is 0 Å². The minimum Gasteiger partial charge on any atom is -0.351 e. The Bertz CT molecular complexity index is 624. The second kappa shape index (κ2) is 6.56. The lowest BCUT2D eigenvalue weighted by Crippen LogP contribution is -2.26. The van der Waals surface area contributed by atoms with Crippen molar-refractivity contribution >= 4 is 17.6 Å². The van der Waals surface area contributed by atoms with E-state index in [2.05, 4.69) is 10.6 Å². The van der Waals surface area contributed by atoms with Crippen molar-refractivity contribution in [1.29, 1.82) is 0 Å². The van der Waals surface area contributed by atoms with Gasteiger partial charge in [0.25, 0.3) is 5.91 Å². The molecule has 0 aromatic heterocycles. The van der Waals surface area contributed by atoms with E-state index < -0.39 is 6.03 Å². The minimum atomic E-state index is -0.634.